The summed E-state index contributed by atoms with van der Waals surface area (Å²) in [7, 11) is -2.94. The Balaban J connectivity index is 1.90. The third-order valence-electron chi connectivity index (χ3n) is 2.70. The van der Waals surface area contributed by atoms with Gasteiger partial charge in [0.25, 0.3) is 0 Å². The fourth-order valence-corrected chi connectivity index (χ4v) is 3.78. The molecule has 1 N–H and O–H groups in total. The average Bonchev–Trinajstić information content (AvgIpc) is 2.13. The molecule has 1 aromatic carbocycles. The van der Waals surface area contributed by atoms with Crippen LogP contribution in [0, 0.1) is 0 Å². The van der Waals surface area contributed by atoms with Crippen LogP contribution >= 0.6 is 0 Å². The molecule has 2 rings (SSSR count). The van der Waals surface area contributed by atoms with Crippen LogP contribution in [0.3, 0.4) is 0 Å². The van der Waals surface area contributed by atoms with Crippen LogP contribution in [0.5, 0.6) is 0 Å². The van der Waals surface area contributed by atoms with E-state index < -0.39 is 15.4 Å². The predicted molar refractivity (Wildman–Crippen MR) is 58.4 cm³/mol. The Bertz CT molecular complexity index is 424. The van der Waals surface area contributed by atoms with Gasteiger partial charge in [-0.3, -0.25) is 0 Å². The normalized spacial score (nSPS) is 21.9. The van der Waals surface area contributed by atoms with E-state index in [-0.39, 0.29) is 11.5 Å². The van der Waals surface area contributed by atoms with Gasteiger partial charge >= 0.3 is 0 Å². The zero-order chi connectivity index (χ0) is 10.9. The molecule has 1 saturated heterocycles. The van der Waals surface area contributed by atoms with E-state index in [4.69, 9.17) is 0 Å². The summed E-state index contributed by atoms with van der Waals surface area (Å²) >= 11 is 0. The monoisotopic (exact) mass is 226 g/mol. The number of hydrogen-bond donors (Lipinski definition) is 1. The van der Waals surface area contributed by atoms with Crippen LogP contribution in [-0.4, -0.2) is 30.6 Å². The van der Waals surface area contributed by atoms with E-state index in [0.29, 0.717) is 6.42 Å². The molecule has 15 heavy (non-hydrogen) atoms. The molecule has 0 saturated carbocycles. The SMILES string of the molecule is O=S1(=O)CC(O)(CCc2ccccc2)C1. The summed E-state index contributed by atoms with van der Waals surface area (Å²) in [4.78, 5) is 0. The maximum Gasteiger partial charge on any atom is 0.156 e. The zero-order valence-corrected chi connectivity index (χ0v) is 9.20. The van der Waals surface area contributed by atoms with Gasteiger partial charge in [-0.1, -0.05) is 30.3 Å². The molecule has 82 valence electrons. The maximum absolute atomic E-state index is 11.0. The fourth-order valence-electron chi connectivity index (χ4n) is 1.94. The number of hydrogen-bond acceptors (Lipinski definition) is 3. The van der Waals surface area contributed by atoms with Crippen molar-refractivity contribution < 1.29 is 13.5 Å². The molecule has 1 fully saturated rings. The molecule has 4 heteroatoms. The number of benzene rings is 1. The molecule has 0 spiro atoms. The number of aryl methyl sites for hydroxylation is 1. The third kappa shape index (κ3) is 2.58. The molecule has 1 aromatic rings. The first-order chi connectivity index (χ1) is 6.99. The van der Waals surface area contributed by atoms with Gasteiger partial charge < -0.3 is 5.11 Å². The Labute approximate surface area is 89.7 Å². The first-order valence-electron chi connectivity index (χ1n) is 4.96. The van der Waals surface area contributed by atoms with Gasteiger partial charge in [0, 0.05) is 0 Å². The molecular weight excluding hydrogens is 212 g/mol. The summed E-state index contributed by atoms with van der Waals surface area (Å²) in [5.41, 5.74) is 0.157. The van der Waals surface area contributed by atoms with Crippen LogP contribution in [0.2, 0.25) is 0 Å². The first kappa shape index (κ1) is 10.6. The molecule has 0 radical (unpaired) electrons. The van der Waals surface area contributed by atoms with Crippen LogP contribution in [0.15, 0.2) is 30.3 Å². The second kappa shape index (κ2) is 3.61. The highest BCUT2D eigenvalue weighted by atomic mass is 32.2. The molecule has 0 aliphatic carbocycles. The summed E-state index contributed by atoms with van der Waals surface area (Å²) < 4.78 is 21.9. The third-order valence-corrected chi connectivity index (χ3v) is 4.65. The van der Waals surface area contributed by atoms with Crippen LogP contribution in [0.25, 0.3) is 0 Å². The van der Waals surface area contributed by atoms with Gasteiger partial charge in [0.05, 0.1) is 17.1 Å². The molecule has 1 aliphatic rings. The second-order valence-electron chi connectivity index (χ2n) is 4.24. The molecule has 3 nitrogen and oxygen atoms in total. The molecule has 1 aliphatic heterocycles. The van der Waals surface area contributed by atoms with Crippen molar-refractivity contribution in [3.63, 3.8) is 0 Å². The summed E-state index contributed by atoms with van der Waals surface area (Å²) in [5, 5.41) is 9.83. The molecule has 0 amide bonds. The first-order valence-corrected chi connectivity index (χ1v) is 6.78. The van der Waals surface area contributed by atoms with Crippen molar-refractivity contribution in [3.8, 4) is 0 Å². The second-order valence-corrected chi connectivity index (χ2v) is 6.31. The van der Waals surface area contributed by atoms with Crippen molar-refractivity contribution in [2.45, 2.75) is 18.4 Å². The molecular formula is C11H14O3S. The van der Waals surface area contributed by atoms with E-state index >= 15 is 0 Å². The Morgan fingerprint density at radius 3 is 2.33 bits per heavy atom. The van der Waals surface area contributed by atoms with Crippen LogP contribution in [0.1, 0.15) is 12.0 Å². The largest absolute Gasteiger partial charge is 0.388 e. The van der Waals surface area contributed by atoms with Gasteiger partial charge in [-0.25, -0.2) is 8.42 Å². The lowest BCUT2D eigenvalue weighted by atomic mass is 9.98. The van der Waals surface area contributed by atoms with Crippen LogP contribution in [0.4, 0.5) is 0 Å². The number of sulfone groups is 1. The minimum Gasteiger partial charge on any atom is -0.388 e. The van der Waals surface area contributed by atoms with Crippen molar-refractivity contribution in [3.05, 3.63) is 35.9 Å². The van der Waals surface area contributed by atoms with E-state index in [1.54, 1.807) is 0 Å². The zero-order valence-electron chi connectivity index (χ0n) is 8.39. The topological polar surface area (TPSA) is 54.4 Å². The minimum atomic E-state index is -2.94. The maximum atomic E-state index is 11.0. The molecule has 0 aromatic heterocycles. The summed E-state index contributed by atoms with van der Waals surface area (Å²) in [6.45, 7) is 0. The summed E-state index contributed by atoms with van der Waals surface area (Å²) in [6, 6.07) is 9.78. The Morgan fingerprint density at radius 2 is 1.80 bits per heavy atom. The van der Waals surface area contributed by atoms with E-state index in [2.05, 4.69) is 0 Å². The summed E-state index contributed by atoms with van der Waals surface area (Å²) in [5.74, 6) is -0.153. The quantitative estimate of drug-likeness (QED) is 0.828. The summed E-state index contributed by atoms with van der Waals surface area (Å²) in [6.07, 6.45) is 1.25. The number of rotatable bonds is 3. The smallest absolute Gasteiger partial charge is 0.156 e. The molecule has 1 heterocycles. The molecule has 0 unspecified atom stereocenters. The van der Waals surface area contributed by atoms with Crippen LogP contribution < -0.4 is 0 Å². The van der Waals surface area contributed by atoms with Gasteiger partial charge in [0.1, 0.15) is 0 Å². The van der Waals surface area contributed by atoms with Gasteiger partial charge in [-0.2, -0.15) is 0 Å². The van der Waals surface area contributed by atoms with E-state index in [0.717, 1.165) is 12.0 Å². The molecule has 0 atom stereocenters. The standard InChI is InChI=1S/C11H14O3S/c12-11(8-15(13,14)9-11)7-6-10-4-2-1-3-5-10/h1-5,12H,6-9H2. The highest BCUT2D eigenvalue weighted by Gasteiger charge is 2.46. The predicted octanol–water partition coefficient (Wildman–Crippen LogP) is 0.779. The van der Waals surface area contributed by atoms with E-state index in [1.165, 1.54) is 0 Å². The molecule has 0 bridgehead atoms. The van der Waals surface area contributed by atoms with Crippen molar-refractivity contribution >= 4 is 9.84 Å². The Hall–Kier alpha value is -0.870. The number of aliphatic hydroxyl groups is 1. The van der Waals surface area contributed by atoms with Crippen LogP contribution in [-0.2, 0) is 16.3 Å². The Morgan fingerprint density at radius 1 is 1.20 bits per heavy atom. The lowest BCUT2D eigenvalue weighted by Gasteiger charge is -2.36. The van der Waals surface area contributed by atoms with Gasteiger partial charge in [-0.15, -0.1) is 0 Å². The van der Waals surface area contributed by atoms with E-state index in [1.807, 2.05) is 30.3 Å². The van der Waals surface area contributed by atoms with E-state index in [9.17, 15) is 13.5 Å². The van der Waals surface area contributed by atoms with Gasteiger partial charge in [-0.05, 0) is 18.4 Å². The van der Waals surface area contributed by atoms with Crippen molar-refractivity contribution in [1.29, 1.82) is 0 Å². The van der Waals surface area contributed by atoms with Crippen molar-refractivity contribution in [2.75, 3.05) is 11.5 Å². The van der Waals surface area contributed by atoms with Gasteiger partial charge in [0.15, 0.2) is 9.84 Å². The Kier molecular flexibility index (Phi) is 2.56. The van der Waals surface area contributed by atoms with Crippen molar-refractivity contribution in [2.24, 2.45) is 0 Å². The lowest BCUT2D eigenvalue weighted by Crippen LogP contribution is -2.54. The highest BCUT2D eigenvalue weighted by molar-refractivity contribution is 7.93. The highest BCUT2D eigenvalue weighted by Crippen LogP contribution is 2.28. The fraction of sp³-hybridized carbons (Fsp3) is 0.455. The average molecular weight is 226 g/mol. The lowest BCUT2D eigenvalue weighted by molar-refractivity contribution is 0.0625. The minimum absolute atomic E-state index is 0.0766. The van der Waals surface area contributed by atoms with Crippen molar-refractivity contribution in [1.82, 2.24) is 0 Å². The van der Waals surface area contributed by atoms with Gasteiger partial charge in [0.2, 0.25) is 0 Å².